The van der Waals surface area contributed by atoms with Gasteiger partial charge in [-0.2, -0.15) is 0 Å². The maximum absolute atomic E-state index is 6.14. The molecule has 0 fully saturated rings. The smallest absolute Gasteiger partial charge is 0.108 e. The molecule has 1 unspecified atom stereocenters. The van der Waals surface area contributed by atoms with E-state index < -0.39 is 0 Å². The Morgan fingerprint density at radius 2 is 2.25 bits per heavy atom. The highest BCUT2D eigenvalue weighted by Gasteiger charge is 2.15. The molecule has 1 heterocycles. The molecule has 0 aliphatic rings. The molecule has 108 valence electrons. The molecule has 1 aromatic heterocycles. The van der Waals surface area contributed by atoms with E-state index in [-0.39, 0.29) is 0 Å². The van der Waals surface area contributed by atoms with E-state index >= 15 is 0 Å². The van der Waals surface area contributed by atoms with E-state index in [1.165, 1.54) is 9.13 Å². The van der Waals surface area contributed by atoms with Crippen molar-refractivity contribution in [2.75, 3.05) is 6.54 Å². The lowest BCUT2D eigenvalue weighted by molar-refractivity contribution is 0.504. The van der Waals surface area contributed by atoms with Gasteiger partial charge in [-0.1, -0.05) is 18.5 Å². The van der Waals surface area contributed by atoms with Crippen LogP contribution in [0.4, 0.5) is 0 Å². The van der Waals surface area contributed by atoms with Crippen molar-refractivity contribution in [1.29, 1.82) is 0 Å². The summed E-state index contributed by atoms with van der Waals surface area (Å²) in [5, 5.41) is 4.34. The quantitative estimate of drug-likeness (QED) is 0.740. The first kappa shape index (κ1) is 15.8. The average molecular weight is 404 g/mol. The Bertz CT molecular complexity index is 568. The number of nitrogens with zero attached hydrogens (tertiary/aromatic N) is 2. The van der Waals surface area contributed by atoms with Crippen LogP contribution in [0.5, 0.6) is 0 Å². The summed E-state index contributed by atoms with van der Waals surface area (Å²) in [7, 11) is 2.04. The zero-order valence-corrected chi connectivity index (χ0v) is 14.6. The van der Waals surface area contributed by atoms with Crippen molar-refractivity contribution in [1.82, 2.24) is 14.9 Å². The SMILES string of the molecule is CCNC(CCc1nccn1C)c1cc(Cl)ccc1I. The Morgan fingerprint density at radius 3 is 2.90 bits per heavy atom. The van der Waals surface area contributed by atoms with Crippen LogP contribution in [0, 0.1) is 3.57 Å². The van der Waals surface area contributed by atoms with Crippen molar-refractivity contribution in [3.05, 3.63) is 50.6 Å². The lowest BCUT2D eigenvalue weighted by Crippen LogP contribution is -2.22. The molecule has 1 aromatic carbocycles. The van der Waals surface area contributed by atoms with Gasteiger partial charge in [-0.15, -0.1) is 0 Å². The van der Waals surface area contributed by atoms with Gasteiger partial charge in [0.25, 0.3) is 0 Å². The van der Waals surface area contributed by atoms with Gasteiger partial charge in [0.05, 0.1) is 0 Å². The van der Waals surface area contributed by atoms with Crippen LogP contribution in [0.15, 0.2) is 30.6 Å². The summed E-state index contributed by atoms with van der Waals surface area (Å²) in [6, 6.07) is 6.38. The topological polar surface area (TPSA) is 29.9 Å². The Labute approximate surface area is 138 Å². The number of halogens is 2. The van der Waals surface area contributed by atoms with E-state index in [2.05, 4.69) is 56.5 Å². The van der Waals surface area contributed by atoms with Crippen LogP contribution in [-0.4, -0.2) is 16.1 Å². The van der Waals surface area contributed by atoms with E-state index in [0.29, 0.717) is 6.04 Å². The minimum Gasteiger partial charge on any atom is -0.338 e. The van der Waals surface area contributed by atoms with E-state index in [1.807, 2.05) is 25.5 Å². The summed E-state index contributed by atoms with van der Waals surface area (Å²) in [5.74, 6) is 1.12. The number of hydrogen-bond acceptors (Lipinski definition) is 2. The summed E-state index contributed by atoms with van der Waals surface area (Å²) in [5.41, 5.74) is 1.27. The van der Waals surface area contributed by atoms with E-state index in [9.17, 15) is 0 Å². The Morgan fingerprint density at radius 1 is 1.45 bits per heavy atom. The molecule has 0 bridgehead atoms. The van der Waals surface area contributed by atoms with Crippen LogP contribution in [0.3, 0.4) is 0 Å². The van der Waals surface area contributed by atoms with Gasteiger partial charge in [-0.05, 0) is 59.3 Å². The van der Waals surface area contributed by atoms with Gasteiger partial charge in [-0.3, -0.25) is 0 Å². The predicted molar refractivity (Wildman–Crippen MR) is 92.1 cm³/mol. The van der Waals surface area contributed by atoms with Gasteiger partial charge in [0.1, 0.15) is 5.82 Å². The van der Waals surface area contributed by atoms with Crippen molar-refractivity contribution in [2.45, 2.75) is 25.8 Å². The highest BCUT2D eigenvalue weighted by Crippen LogP contribution is 2.26. The van der Waals surface area contributed by atoms with Gasteiger partial charge < -0.3 is 9.88 Å². The maximum atomic E-state index is 6.14. The number of nitrogens with one attached hydrogen (secondary N) is 1. The summed E-state index contributed by atoms with van der Waals surface area (Å²) in [4.78, 5) is 4.39. The summed E-state index contributed by atoms with van der Waals surface area (Å²) >= 11 is 8.51. The molecule has 1 atom stereocenters. The molecule has 0 aliphatic heterocycles. The number of benzene rings is 1. The lowest BCUT2D eigenvalue weighted by Gasteiger charge is -2.20. The fraction of sp³-hybridized carbons (Fsp3) is 0.400. The maximum Gasteiger partial charge on any atom is 0.108 e. The summed E-state index contributed by atoms with van der Waals surface area (Å²) < 4.78 is 3.32. The molecule has 20 heavy (non-hydrogen) atoms. The van der Waals surface area contributed by atoms with Crippen LogP contribution in [0.25, 0.3) is 0 Å². The first-order chi connectivity index (χ1) is 9.61. The van der Waals surface area contributed by atoms with E-state index in [1.54, 1.807) is 0 Å². The number of aryl methyl sites for hydroxylation is 2. The lowest BCUT2D eigenvalue weighted by atomic mass is 10.0. The normalized spacial score (nSPS) is 12.6. The molecule has 3 nitrogen and oxygen atoms in total. The fourth-order valence-electron chi connectivity index (χ4n) is 2.31. The molecule has 0 saturated heterocycles. The van der Waals surface area contributed by atoms with Gasteiger partial charge >= 0.3 is 0 Å². The number of aromatic nitrogens is 2. The van der Waals surface area contributed by atoms with Crippen LogP contribution in [0.1, 0.15) is 30.8 Å². The third-order valence-corrected chi connectivity index (χ3v) is 4.58. The van der Waals surface area contributed by atoms with Crippen molar-refractivity contribution < 1.29 is 0 Å². The second-order valence-electron chi connectivity index (χ2n) is 4.77. The molecule has 2 aromatic rings. The summed E-state index contributed by atoms with van der Waals surface area (Å²) in [6.45, 7) is 3.07. The largest absolute Gasteiger partial charge is 0.338 e. The van der Waals surface area contributed by atoms with Gasteiger partial charge in [0.15, 0.2) is 0 Å². The van der Waals surface area contributed by atoms with Crippen molar-refractivity contribution in [3.8, 4) is 0 Å². The number of rotatable bonds is 6. The Balaban J connectivity index is 2.14. The molecular weight excluding hydrogens is 385 g/mol. The van der Waals surface area contributed by atoms with Crippen LogP contribution >= 0.6 is 34.2 Å². The predicted octanol–water partition coefficient (Wildman–Crippen LogP) is 3.96. The standard InChI is InChI=1S/C15H19ClIN3/c1-3-18-14(6-7-15-19-8-9-20(15)2)12-10-11(16)4-5-13(12)17/h4-5,8-10,14,18H,3,6-7H2,1-2H3. The van der Waals surface area contributed by atoms with Crippen molar-refractivity contribution in [2.24, 2.45) is 7.05 Å². The molecule has 0 saturated carbocycles. The molecule has 0 spiro atoms. The molecule has 5 heteroatoms. The zero-order valence-electron chi connectivity index (χ0n) is 11.7. The zero-order chi connectivity index (χ0) is 14.5. The third-order valence-electron chi connectivity index (χ3n) is 3.36. The molecule has 0 aliphatic carbocycles. The van der Waals surface area contributed by atoms with Crippen LogP contribution < -0.4 is 5.32 Å². The van der Waals surface area contributed by atoms with E-state index in [4.69, 9.17) is 11.6 Å². The minimum atomic E-state index is 0.308. The molecule has 0 amide bonds. The van der Waals surface area contributed by atoms with Crippen LogP contribution in [0.2, 0.25) is 5.02 Å². The summed E-state index contributed by atoms with van der Waals surface area (Å²) in [6.07, 6.45) is 5.79. The molecule has 1 N–H and O–H groups in total. The highest BCUT2D eigenvalue weighted by molar-refractivity contribution is 14.1. The third kappa shape index (κ3) is 3.96. The second-order valence-corrected chi connectivity index (χ2v) is 6.37. The van der Waals surface area contributed by atoms with Gasteiger partial charge in [0.2, 0.25) is 0 Å². The number of imidazole rings is 1. The molecular formula is C15H19ClIN3. The molecule has 2 rings (SSSR count). The van der Waals surface area contributed by atoms with Crippen LogP contribution in [-0.2, 0) is 13.5 Å². The monoisotopic (exact) mass is 403 g/mol. The first-order valence-electron chi connectivity index (χ1n) is 6.76. The number of hydrogen-bond donors (Lipinski definition) is 1. The Hall–Kier alpha value is -0.590. The van der Waals surface area contributed by atoms with Crippen molar-refractivity contribution in [3.63, 3.8) is 0 Å². The van der Waals surface area contributed by atoms with Gasteiger partial charge in [-0.25, -0.2) is 4.98 Å². The minimum absolute atomic E-state index is 0.308. The highest BCUT2D eigenvalue weighted by atomic mass is 127. The van der Waals surface area contributed by atoms with E-state index in [0.717, 1.165) is 30.2 Å². The fourth-order valence-corrected chi connectivity index (χ4v) is 3.20. The first-order valence-corrected chi connectivity index (χ1v) is 8.22. The average Bonchev–Trinajstić information content (AvgIpc) is 2.83. The van der Waals surface area contributed by atoms with Crippen molar-refractivity contribution >= 4 is 34.2 Å². The second kappa shape index (κ2) is 7.43. The Kier molecular flexibility index (Phi) is 5.86. The van der Waals surface area contributed by atoms with Gasteiger partial charge in [0, 0.05) is 40.5 Å². The molecule has 0 radical (unpaired) electrons.